The number of benzene rings is 8. The van der Waals surface area contributed by atoms with Crippen molar-refractivity contribution in [3.8, 4) is 11.5 Å². The number of aliphatic hydroxyl groups is 1. The minimum absolute atomic E-state index is 0.102. The van der Waals surface area contributed by atoms with E-state index in [1.165, 1.54) is 66.1 Å². The smallest absolute Gasteiger partial charge is 0.119 e. The van der Waals surface area contributed by atoms with Crippen LogP contribution in [0.1, 0.15) is 122 Å². The Hall–Kier alpha value is -6.32. The lowest BCUT2D eigenvalue weighted by Crippen LogP contribution is -2.31. The van der Waals surface area contributed by atoms with Gasteiger partial charge in [-0.25, -0.2) is 0 Å². The largest absolute Gasteiger partial charge is 0.491 e. The molecule has 74 heavy (non-hydrogen) atoms. The number of fused-ring (bicyclic) bond motifs is 6. The van der Waals surface area contributed by atoms with Gasteiger partial charge >= 0.3 is 0 Å². The average Bonchev–Trinajstić information content (AvgIpc) is 4.41. The van der Waals surface area contributed by atoms with Gasteiger partial charge in [-0.3, -0.25) is 0 Å². The summed E-state index contributed by atoms with van der Waals surface area (Å²) in [4.78, 5) is 0. The van der Waals surface area contributed by atoms with Crippen LogP contribution in [0.4, 0.5) is 0 Å². The van der Waals surface area contributed by atoms with Crippen molar-refractivity contribution in [2.45, 2.75) is 107 Å². The number of epoxide rings is 2. The molecule has 2 saturated heterocycles. The first kappa shape index (κ1) is 48.6. The Morgan fingerprint density at radius 1 is 0.486 bits per heavy atom. The van der Waals surface area contributed by atoms with Gasteiger partial charge in [0, 0.05) is 10.8 Å². The second-order valence-corrected chi connectivity index (χ2v) is 22.5. The van der Waals surface area contributed by atoms with E-state index in [0.29, 0.717) is 30.8 Å². The van der Waals surface area contributed by atoms with E-state index in [1.54, 1.807) is 0 Å². The molecule has 1 N–H and O–H groups in total. The van der Waals surface area contributed by atoms with E-state index in [2.05, 4.69) is 211 Å². The summed E-state index contributed by atoms with van der Waals surface area (Å²) >= 11 is 0. The fourth-order valence-corrected chi connectivity index (χ4v) is 12.7. The van der Waals surface area contributed by atoms with Crippen LogP contribution in [0.5, 0.6) is 11.5 Å². The number of rotatable bonds is 18. The van der Waals surface area contributed by atoms with Crippen LogP contribution in [0.2, 0.25) is 0 Å². The Morgan fingerprint density at radius 2 is 0.892 bits per heavy atom. The minimum atomic E-state index is -0.836. The summed E-state index contributed by atoms with van der Waals surface area (Å²) in [5, 5.41) is 16.5. The first-order valence-corrected chi connectivity index (χ1v) is 26.7. The van der Waals surface area contributed by atoms with E-state index < -0.39 is 17.3 Å². The highest BCUT2D eigenvalue weighted by atomic mass is 16.6. The zero-order chi connectivity index (χ0) is 50.8. The summed E-state index contributed by atoms with van der Waals surface area (Å²) in [7, 11) is 0. The highest BCUT2D eigenvalue weighted by Gasteiger charge is 2.47. The van der Waals surface area contributed by atoms with Gasteiger partial charge in [0.05, 0.1) is 37.6 Å². The van der Waals surface area contributed by atoms with E-state index in [9.17, 15) is 5.11 Å². The number of hydrogen-bond donors (Lipinski definition) is 1. The van der Waals surface area contributed by atoms with Crippen molar-refractivity contribution in [3.63, 3.8) is 0 Å². The van der Waals surface area contributed by atoms with Gasteiger partial charge in [-0.1, -0.05) is 159 Å². The monoisotopic (exact) mass is 984 g/mol. The summed E-state index contributed by atoms with van der Waals surface area (Å²) in [5.41, 5.74) is 10.8. The normalized spacial score (nSPS) is 23.4. The van der Waals surface area contributed by atoms with E-state index in [1.807, 2.05) is 0 Å². The van der Waals surface area contributed by atoms with Gasteiger partial charge < -0.3 is 33.5 Å². The summed E-state index contributed by atoms with van der Waals surface area (Å²) in [6.45, 7) is 16.1. The topological polar surface area (TPSA) is 82.2 Å². The molecule has 8 aromatic rings. The molecule has 2 heterocycles. The number of hydrogen-bond acceptors (Lipinski definition) is 7. The van der Waals surface area contributed by atoms with Gasteiger partial charge in [-0.2, -0.15) is 0 Å². The quantitative estimate of drug-likeness (QED) is 0.0858. The van der Waals surface area contributed by atoms with Gasteiger partial charge in [0.2, 0.25) is 0 Å². The fraction of sp³-hybridized carbons (Fsp3) is 0.343. The van der Waals surface area contributed by atoms with E-state index >= 15 is 0 Å². The van der Waals surface area contributed by atoms with Crippen LogP contribution < -0.4 is 9.47 Å². The minimum Gasteiger partial charge on any atom is -0.491 e. The lowest BCUT2D eigenvalue weighted by molar-refractivity contribution is -0.0717. The summed E-state index contributed by atoms with van der Waals surface area (Å²) in [5.74, 6) is 2.25. The molecule has 12 rings (SSSR count). The molecule has 0 aromatic heterocycles. The molecule has 7 unspecified atom stereocenters. The molecule has 7 nitrogen and oxygen atoms in total. The molecule has 2 aliphatic carbocycles. The van der Waals surface area contributed by atoms with Crippen molar-refractivity contribution in [2.24, 2.45) is 0 Å². The molecule has 378 valence electrons. The second-order valence-electron chi connectivity index (χ2n) is 22.5. The fourth-order valence-electron chi connectivity index (χ4n) is 12.7. The number of aliphatic hydroxyl groups excluding tert-OH is 1. The van der Waals surface area contributed by atoms with Crippen LogP contribution in [0.15, 0.2) is 170 Å². The molecular weight excluding hydrogens is 917 g/mol. The van der Waals surface area contributed by atoms with Crippen LogP contribution in [0, 0.1) is 0 Å². The molecule has 0 bridgehead atoms. The predicted octanol–water partition coefficient (Wildman–Crippen LogP) is 13.8. The zero-order valence-electron chi connectivity index (χ0n) is 43.6. The third-order valence-electron chi connectivity index (χ3n) is 16.9. The van der Waals surface area contributed by atoms with Gasteiger partial charge in [-0.05, 0) is 154 Å². The maximum Gasteiger partial charge on any atom is 0.119 e. The van der Waals surface area contributed by atoms with Crippen molar-refractivity contribution < 1.29 is 33.5 Å². The highest BCUT2D eigenvalue weighted by molar-refractivity contribution is 5.90. The van der Waals surface area contributed by atoms with Crippen molar-refractivity contribution in [2.75, 3.05) is 39.6 Å². The predicted molar refractivity (Wildman–Crippen MR) is 294 cm³/mol. The second kappa shape index (κ2) is 19.1. The average molecular weight is 985 g/mol. The molecule has 8 aromatic carbocycles. The molecular formula is C67H68O7. The lowest BCUT2D eigenvalue weighted by atomic mass is 9.69. The Balaban J connectivity index is 0.752. The lowest BCUT2D eigenvalue weighted by Gasteiger charge is -2.34. The number of ether oxygens (including phenoxy) is 6. The summed E-state index contributed by atoms with van der Waals surface area (Å²) in [6.07, 6.45) is 1.46. The third-order valence-corrected chi connectivity index (χ3v) is 16.9. The van der Waals surface area contributed by atoms with Gasteiger partial charge in [0.15, 0.2) is 0 Å². The van der Waals surface area contributed by atoms with E-state index in [0.717, 1.165) is 42.9 Å². The Bertz CT molecular complexity index is 3300. The van der Waals surface area contributed by atoms with E-state index in [-0.39, 0.29) is 36.3 Å². The SMILES string of the molecule is CC1CC(c2ccc(OCC3CO3)cc2)(c2ccc(C(C)(C)OCC(O)COc3ccc(C4(c5ccc(C(C)(C)OCC6CO6)cc5)CC(C)c5c4ccc4ccccc54)cc3)cc2)c2ccc3ccccc3c21. The van der Waals surface area contributed by atoms with Crippen LogP contribution >= 0.6 is 0 Å². The van der Waals surface area contributed by atoms with Crippen molar-refractivity contribution >= 4 is 21.5 Å². The highest BCUT2D eigenvalue weighted by Crippen LogP contribution is 2.57. The van der Waals surface area contributed by atoms with Gasteiger partial charge in [-0.15, -0.1) is 0 Å². The van der Waals surface area contributed by atoms with Crippen molar-refractivity contribution in [1.82, 2.24) is 0 Å². The first-order valence-electron chi connectivity index (χ1n) is 26.7. The first-order chi connectivity index (χ1) is 35.8. The molecule has 4 aliphatic rings. The molecule has 2 aliphatic heterocycles. The van der Waals surface area contributed by atoms with Gasteiger partial charge in [0.1, 0.15) is 43.0 Å². The molecule has 7 atom stereocenters. The molecule has 7 heteroatoms. The standard InChI is InChI=1S/C67H68O7/c1-43-35-66(60-33-15-45-11-7-9-13-58(45)62(43)60,50-23-19-48(20-24-50)65(5,6)74-42-57-41-72-57)51-25-29-54(30-26-51)69-37-53(68)38-73-64(3,4)47-17-21-49(22-18-47)67(52-27-31-55(32-28-52)70-39-56-40-71-56)36-44(2)63-59-14-10-8-12-46(59)16-34-61(63)67/h7-34,43-44,53,56-57,68H,35-42H2,1-6H3. The molecule has 0 spiro atoms. The Morgan fingerprint density at radius 3 is 1.35 bits per heavy atom. The Kier molecular flexibility index (Phi) is 12.6. The third kappa shape index (κ3) is 8.90. The van der Waals surface area contributed by atoms with Gasteiger partial charge in [0.25, 0.3) is 0 Å². The maximum absolute atomic E-state index is 11.3. The summed E-state index contributed by atoms with van der Waals surface area (Å²) < 4.78 is 36.1. The molecule has 0 saturated carbocycles. The van der Waals surface area contributed by atoms with Crippen LogP contribution in [-0.4, -0.2) is 63.1 Å². The Labute approximate surface area is 436 Å². The maximum atomic E-state index is 11.3. The molecule has 2 fully saturated rings. The zero-order valence-corrected chi connectivity index (χ0v) is 43.6. The molecule has 0 amide bonds. The summed E-state index contributed by atoms with van der Waals surface area (Å²) in [6, 6.07) is 62.1. The van der Waals surface area contributed by atoms with Crippen LogP contribution in [0.25, 0.3) is 21.5 Å². The molecule has 0 radical (unpaired) electrons. The van der Waals surface area contributed by atoms with E-state index in [4.69, 9.17) is 28.4 Å². The van der Waals surface area contributed by atoms with Crippen molar-refractivity contribution in [3.05, 3.63) is 225 Å². The van der Waals surface area contributed by atoms with Crippen molar-refractivity contribution in [1.29, 1.82) is 0 Å². The van der Waals surface area contributed by atoms with Crippen LogP contribution in [-0.2, 0) is 41.0 Å². The van der Waals surface area contributed by atoms with Crippen LogP contribution in [0.3, 0.4) is 0 Å².